The normalized spacial score (nSPS) is 17.9. The zero-order valence-corrected chi connectivity index (χ0v) is 17.9. The number of fused-ring (bicyclic) bond motifs is 1. The first-order valence-electron chi connectivity index (χ1n) is 9.91. The fourth-order valence-corrected chi connectivity index (χ4v) is 4.58. The van der Waals surface area contributed by atoms with Gasteiger partial charge in [-0.3, -0.25) is 24.2 Å². The molecule has 0 aliphatic carbocycles. The molecule has 1 atom stereocenters. The number of imide groups is 1. The summed E-state index contributed by atoms with van der Waals surface area (Å²) >= 11 is 1.57. The van der Waals surface area contributed by atoms with Crippen LogP contribution in [0.1, 0.15) is 38.3 Å². The van der Waals surface area contributed by atoms with Crippen LogP contribution >= 0.6 is 11.3 Å². The van der Waals surface area contributed by atoms with Crippen molar-refractivity contribution in [3.8, 4) is 0 Å². The van der Waals surface area contributed by atoms with E-state index in [4.69, 9.17) is 4.74 Å². The number of benzene rings is 1. The van der Waals surface area contributed by atoms with Crippen LogP contribution in [0.3, 0.4) is 0 Å². The van der Waals surface area contributed by atoms with Gasteiger partial charge in [-0.05, 0) is 19.1 Å². The molecule has 4 rings (SSSR count). The van der Waals surface area contributed by atoms with E-state index in [1.807, 2.05) is 5.38 Å². The van der Waals surface area contributed by atoms with E-state index in [1.54, 1.807) is 49.6 Å². The lowest BCUT2D eigenvalue weighted by molar-refractivity contribution is -0.134. The Bertz CT molecular complexity index is 934. The van der Waals surface area contributed by atoms with Gasteiger partial charge in [-0.25, -0.2) is 4.98 Å². The molecular formula is C21H24N4O4S. The van der Waals surface area contributed by atoms with Gasteiger partial charge in [-0.1, -0.05) is 12.1 Å². The molecule has 1 saturated heterocycles. The van der Waals surface area contributed by atoms with E-state index in [2.05, 4.69) is 9.88 Å². The largest absolute Gasteiger partial charge is 0.379 e. The summed E-state index contributed by atoms with van der Waals surface area (Å²) in [7, 11) is 1.66. The predicted octanol–water partition coefficient (Wildman–Crippen LogP) is 1.62. The van der Waals surface area contributed by atoms with Crippen molar-refractivity contribution >= 4 is 29.1 Å². The quantitative estimate of drug-likeness (QED) is 0.651. The molecule has 158 valence electrons. The molecule has 0 bridgehead atoms. The van der Waals surface area contributed by atoms with Gasteiger partial charge in [0, 0.05) is 25.5 Å². The average Bonchev–Trinajstić information content (AvgIpc) is 3.30. The average molecular weight is 429 g/mol. The van der Waals surface area contributed by atoms with Crippen molar-refractivity contribution in [2.24, 2.45) is 0 Å². The summed E-state index contributed by atoms with van der Waals surface area (Å²) in [6.45, 7) is 5.96. The van der Waals surface area contributed by atoms with Crippen molar-refractivity contribution in [1.29, 1.82) is 0 Å². The Morgan fingerprint density at radius 2 is 1.83 bits per heavy atom. The highest BCUT2D eigenvalue weighted by Gasteiger charge is 2.41. The third kappa shape index (κ3) is 4.00. The molecule has 1 aromatic carbocycles. The van der Waals surface area contributed by atoms with Crippen LogP contribution in [0.15, 0.2) is 29.6 Å². The van der Waals surface area contributed by atoms with E-state index in [-0.39, 0.29) is 5.91 Å². The fraction of sp³-hybridized carbons (Fsp3) is 0.429. The topological polar surface area (TPSA) is 83.1 Å². The molecule has 2 aliphatic rings. The van der Waals surface area contributed by atoms with E-state index in [0.29, 0.717) is 17.7 Å². The first kappa shape index (κ1) is 20.6. The van der Waals surface area contributed by atoms with Crippen LogP contribution in [0, 0.1) is 0 Å². The number of thiazole rings is 1. The van der Waals surface area contributed by atoms with Crippen molar-refractivity contribution in [3.05, 3.63) is 51.5 Å². The SMILES string of the molecule is CC(C(=O)N(C)Cc1csc(CN2CCOCC2)n1)N1C(=O)c2ccccc2C1=O. The first-order valence-corrected chi connectivity index (χ1v) is 10.8. The molecule has 0 N–H and O–H groups in total. The Kier molecular flexibility index (Phi) is 5.94. The molecule has 3 heterocycles. The highest BCUT2D eigenvalue weighted by atomic mass is 32.1. The summed E-state index contributed by atoms with van der Waals surface area (Å²) < 4.78 is 5.37. The number of likely N-dealkylation sites (N-methyl/N-ethyl adjacent to an activating group) is 1. The number of aromatic nitrogens is 1. The Hall–Kier alpha value is -2.62. The predicted molar refractivity (Wildman–Crippen MR) is 111 cm³/mol. The summed E-state index contributed by atoms with van der Waals surface area (Å²) in [5, 5.41) is 2.95. The summed E-state index contributed by atoms with van der Waals surface area (Å²) in [5.41, 5.74) is 1.49. The van der Waals surface area contributed by atoms with Crippen molar-refractivity contribution < 1.29 is 19.1 Å². The second-order valence-corrected chi connectivity index (χ2v) is 8.46. The van der Waals surface area contributed by atoms with E-state index in [0.717, 1.165) is 48.4 Å². The molecular weight excluding hydrogens is 404 g/mol. The van der Waals surface area contributed by atoms with Crippen LogP contribution in [-0.4, -0.2) is 76.8 Å². The van der Waals surface area contributed by atoms with Gasteiger partial charge in [-0.2, -0.15) is 0 Å². The lowest BCUT2D eigenvalue weighted by Gasteiger charge is -2.26. The number of nitrogens with zero attached hydrogens (tertiary/aromatic N) is 4. The van der Waals surface area contributed by atoms with Crippen molar-refractivity contribution in [1.82, 2.24) is 19.7 Å². The van der Waals surface area contributed by atoms with E-state index in [9.17, 15) is 14.4 Å². The number of carbonyl (C=O) groups is 3. The third-order valence-corrected chi connectivity index (χ3v) is 6.29. The Labute approximate surface area is 179 Å². The van der Waals surface area contributed by atoms with Crippen LogP contribution in [0.25, 0.3) is 0 Å². The van der Waals surface area contributed by atoms with Gasteiger partial charge in [0.1, 0.15) is 11.0 Å². The second-order valence-electron chi connectivity index (χ2n) is 7.52. The monoisotopic (exact) mass is 428 g/mol. The Morgan fingerprint density at radius 1 is 1.20 bits per heavy atom. The molecule has 1 aromatic heterocycles. The fourth-order valence-electron chi connectivity index (χ4n) is 3.75. The van der Waals surface area contributed by atoms with Crippen LogP contribution in [-0.2, 0) is 22.6 Å². The van der Waals surface area contributed by atoms with Crippen molar-refractivity contribution in [2.75, 3.05) is 33.4 Å². The summed E-state index contributed by atoms with van der Waals surface area (Å²) in [5.74, 6) is -1.15. The zero-order valence-electron chi connectivity index (χ0n) is 17.0. The molecule has 0 saturated carbocycles. The van der Waals surface area contributed by atoms with Crippen molar-refractivity contribution in [2.45, 2.75) is 26.1 Å². The maximum Gasteiger partial charge on any atom is 0.262 e. The smallest absolute Gasteiger partial charge is 0.262 e. The van der Waals surface area contributed by atoms with Gasteiger partial charge < -0.3 is 9.64 Å². The number of amides is 3. The highest BCUT2D eigenvalue weighted by Crippen LogP contribution is 2.25. The van der Waals surface area contributed by atoms with Crippen molar-refractivity contribution in [3.63, 3.8) is 0 Å². The van der Waals surface area contributed by atoms with E-state index >= 15 is 0 Å². The van der Waals surface area contributed by atoms with Gasteiger partial charge >= 0.3 is 0 Å². The molecule has 0 radical (unpaired) electrons. The van der Waals surface area contributed by atoms with E-state index in [1.165, 1.54) is 4.90 Å². The van der Waals surface area contributed by atoms with Crippen LogP contribution in [0.2, 0.25) is 0 Å². The van der Waals surface area contributed by atoms with Crippen LogP contribution in [0.4, 0.5) is 0 Å². The minimum atomic E-state index is -0.881. The molecule has 2 aromatic rings. The molecule has 8 nitrogen and oxygen atoms in total. The third-order valence-electron chi connectivity index (χ3n) is 5.41. The lowest BCUT2D eigenvalue weighted by atomic mass is 10.1. The minimum absolute atomic E-state index is 0.299. The minimum Gasteiger partial charge on any atom is -0.379 e. The number of carbonyl (C=O) groups excluding carboxylic acids is 3. The number of ether oxygens (including phenoxy) is 1. The standard InChI is InChI=1S/C21H24N4O4S/c1-14(25-20(27)16-5-3-4-6-17(16)21(25)28)19(26)23(2)11-15-13-30-18(22-15)12-24-7-9-29-10-8-24/h3-6,13-14H,7-12H2,1-2H3. The molecule has 3 amide bonds. The number of morpholine rings is 1. The molecule has 2 aliphatic heterocycles. The highest BCUT2D eigenvalue weighted by molar-refractivity contribution is 7.09. The molecule has 30 heavy (non-hydrogen) atoms. The maximum atomic E-state index is 12.9. The van der Waals surface area contributed by atoms with Gasteiger partial charge in [0.05, 0.1) is 43.1 Å². The Balaban J connectivity index is 1.38. The molecule has 1 fully saturated rings. The summed E-state index contributed by atoms with van der Waals surface area (Å²) in [4.78, 5) is 47.7. The van der Waals surface area contributed by atoms with Crippen LogP contribution < -0.4 is 0 Å². The molecule has 1 unspecified atom stereocenters. The first-order chi connectivity index (χ1) is 14.5. The summed E-state index contributed by atoms with van der Waals surface area (Å²) in [6, 6.07) is 5.77. The van der Waals surface area contributed by atoms with Gasteiger partial charge in [0.25, 0.3) is 11.8 Å². The van der Waals surface area contributed by atoms with Crippen LogP contribution in [0.5, 0.6) is 0 Å². The maximum absolute atomic E-state index is 12.9. The number of hydrogen-bond donors (Lipinski definition) is 0. The lowest BCUT2D eigenvalue weighted by Crippen LogP contribution is -2.48. The zero-order chi connectivity index (χ0) is 21.3. The summed E-state index contributed by atoms with van der Waals surface area (Å²) in [6.07, 6.45) is 0. The van der Waals surface area contributed by atoms with E-state index < -0.39 is 17.9 Å². The van der Waals surface area contributed by atoms with Gasteiger partial charge in [0.15, 0.2) is 0 Å². The Morgan fingerprint density at radius 3 is 2.47 bits per heavy atom. The number of hydrogen-bond acceptors (Lipinski definition) is 7. The molecule has 9 heteroatoms. The van der Waals surface area contributed by atoms with Gasteiger partial charge in [-0.15, -0.1) is 11.3 Å². The molecule has 0 spiro atoms. The number of rotatable bonds is 6. The second kappa shape index (κ2) is 8.63. The van der Waals surface area contributed by atoms with Gasteiger partial charge in [0.2, 0.25) is 5.91 Å².